The van der Waals surface area contributed by atoms with Crippen molar-refractivity contribution in [3.8, 4) is 0 Å². The van der Waals surface area contributed by atoms with Crippen LogP contribution >= 0.6 is 0 Å². The predicted molar refractivity (Wildman–Crippen MR) is 101 cm³/mol. The van der Waals surface area contributed by atoms with Crippen LogP contribution in [0.2, 0.25) is 0 Å². The zero-order valence-corrected chi connectivity index (χ0v) is 14.9. The van der Waals surface area contributed by atoms with Crippen LogP contribution in [0.3, 0.4) is 0 Å². The van der Waals surface area contributed by atoms with Gasteiger partial charge in [0.25, 0.3) is 0 Å². The monoisotopic (exact) mass is 340 g/mol. The second-order valence-electron chi connectivity index (χ2n) is 5.24. The van der Waals surface area contributed by atoms with Gasteiger partial charge < -0.3 is 10.2 Å². The van der Waals surface area contributed by atoms with Gasteiger partial charge in [-0.25, -0.2) is 4.79 Å². The molecular formula is C21H24O4. The molecule has 0 spiro atoms. The maximum absolute atomic E-state index is 11.2. The first-order chi connectivity index (χ1) is 12.0. The first-order valence-electron chi connectivity index (χ1n) is 8.24. The van der Waals surface area contributed by atoms with Gasteiger partial charge in [0.15, 0.2) is 0 Å². The van der Waals surface area contributed by atoms with Crippen LogP contribution in [0.25, 0.3) is 5.57 Å². The highest BCUT2D eigenvalue weighted by Crippen LogP contribution is 2.40. The Labute approximate surface area is 148 Å². The van der Waals surface area contributed by atoms with Crippen LogP contribution in [0, 0.1) is 0 Å². The predicted octanol–water partition coefficient (Wildman–Crippen LogP) is 4.88. The second kappa shape index (κ2) is 9.42. The molecule has 1 aromatic carbocycles. The Bertz CT molecular complexity index is 764. The molecule has 0 aromatic heterocycles. The third kappa shape index (κ3) is 4.80. The SMILES string of the molecule is C=C/C=C\C(=C/C)C1=C(CC(=O)O)Cc2ccc(C(=O)O)cc21.CC. The smallest absolute Gasteiger partial charge is 0.335 e. The number of aliphatic carboxylic acids is 1. The minimum Gasteiger partial charge on any atom is -0.481 e. The number of carboxylic acid groups (broad SMARTS) is 2. The largest absolute Gasteiger partial charge is 0.481 e. The van der Waals surface area contributed by atoms with Crippen molar-refractivity contribution in [2.75, 3.05) is 0 Å². The number of carbonyl (C=O) groups is 2. The van der Waals surface area contributed by atoms with Crippen LogP contribution < -0.4 is 0 Å². The van der Waals surface area contributed by atoms with E-state index in [0.717, 1.165) is 27.8 Å². The van der Waals surface area contributed by atoms with Crippen molar-refractivity contribution < 1.29 is 19.8 Å². The molecule has 132 valence electrons. The normalized spacial score (nSPS) is 13.3. The standard InChI is InChI=1S/C19H18O4.C2H6/c1-3-5-6-12(4-2)18-15(11-17(20)21)9-13-7-8-14(19(22)23)10-16(13)18;1-2/h3-8,10H,1,9,11H2,2H3,(H,20,21)(H,22,23);1-2H3/b6-5-,12-4+;. The Kier molecular flexibility index (Phi) is 7.60. The number of carboxylic acids is 2. The molecular weight excluding hydrogens is 316 g/mol. The van der Waals surface area contributed by atoms with Gasteiger partial charge in [0.05, 0.1) is 12.0 Å². The van der Waals surface area contributed by atoms with Crippen LogP contribution in [0.1, 0.15) is 48.7 Å². The van der Waals surface area contributed by atoms with Crippen molar-refractivity contribution in [2.24, 2.45) is 0 Å². The maximum atomic E-state index is 11.2. The molecule has 0 bridgehead atoms. The van der Waals surface area contributed by atoms with Gasteiger partial charge in [-0.1, -0.05) is 50.8 Å². The molecule has 0 fully saturated rings. The third-order valence-electron chi connectivity index (χ3n) is 3.76. The lowest BCUT2D eigenvalue weighted by atomic mass is 9.94. The van der Waals surface area contributed by atoms with E-state index in [9.17, 15) is 14.7 Å². The molecule has 2 rings (SSSR count). The molecule has 0 saturated carbocycles. The van der Waals surface area contributed by atoms with E-state index in [4.69, 9.17) is 5.11 Å². The summed E-state index contributed by atoms with van der Waals surface area (Å²) in [5.41, 5.74) is 4.40. The van der Waals surface area contributed by atoms with E-state index in [1.165, 1.54) is 0 Å². The summed E-state index contributed by atoms with van der Waals surface area (Å²) in [6.07, 6.45) is 7.62. The lowest BCUT2D eigenvalue weighted by Gasteiger charge is -2.10. The average molecular weight is 340 g/mol. The molecule has 4 nitrogen and oxygen atoms in total. The van der Waals surface area contributed by atoms with Gasteiger partial charge in [-0.05, 0) is 53.3 Å². The van der Waals surface area contributed by atoms with Gasteiger partial charge in [-0.3, -0.25) is 4.79 Å². The second-order valence-corrected chi connectivity index (χ2v) is 5.24. The fraction of sp³-hybridized carbons (Fsp3) is 0.238. The minimum atomic E-state index is -0.998. The highest BCUT2D eigenvalue weighted by molar-refractivity contribution is 5.95. The number of allylic oxidation sites excluding steroid dienone is 6. The quantitative estimate of drug-likeness (QED) is 0.724. The molecule has 4 heteroatoms. The van der Waals surface area contributed by atoms with Gasteiger partial charge in [0.2, 0.25) is 0 Å². The molecule has 2 N–H and O–H groups in total. The molecule has 0 radical (unpaired) electrons. The minimum absolute atomic E-state index is 0.0638. The van der Waals surface area contributed by atoms with Gasteiger partial charge in [0.1, 0.15) is 0 Å². The lowest BCUT2D eigenvalue weighted by molar-refractivity contribution is -0.136. The molecule has 0 aliphatic heterocycles. The third-order valence-corrected chi connectivity index (χ3v) is 3.76. The number of hydrogen-bond donors (Lipinski definition) is 2. The summed E-state index contributed by atoms with van der Waals surface area (Å²) >= 11 is 0. The molecule has 0 unspecified atom stereocenters. The van der Waals surface area contributed by atoms with Crippen LogP contribution in [0.5, 0.6) is 0 Å². The summed E-state index contributed by atoms with van der Waals surface area (Å²) in [4.78, 5) is 22.4. The number of fused-ring (bicyclic) bond motifs is 1. The number of rotatable bonds is 6. The fourth-order valence-corrected chi connectivity index (χ4v) is 2.79. The van der Waals surface area contributed by atoms with E-state index >= 15 is 0 Å². The summed E-state index contributed by atoms with van der Waals surface area (Å²) in [7, 11) is 0. The highest BCUT2D eigenvalue weighted by Gasteiger charge is 2.25. The Balaban J connectivity index is 0.00000151. The highest BCUT2D eigenvalue weighted by atomic mass is 16.4. The molecule has 25 heavy (non-hydrogen) atoms. The van der Waals surface area contributed by atoms with E-state index in [2.05, 4.69) is 6.58 Å². The van der Waals surface area contributed by atoms with Crippen LogP contribution in [-0.2, 0) is 11.2 Å². The summed E-state index contributed by atoms with van der Waals surface area (Å²) < 4.78 is 0. The van der Waals surface area contributed by atoms with E-state index in [1.807, 2.05) is 32.9 Å². The van der Waals surface area contributed by atoms with E-state index in [1.54, 1.807) is 30.4 Å². The molecule has 0 amide bonds. The summed E-state index contributed by atoms with van der Waals surface area (Å²) in [5, 5.41) is 18.4. The van der Waals surface area contributed by atoms with Crippen molar-refractivity contribution in [1.29, 1.82) is 0 Å². The molecule has 0 atom stereocenters. The number of benzene rings is 1. The molecule has 1 aliphatic rings. The summed E-state index contributed by atoms with van der Waals surface area (Å²) in [5.74, 6) is -1.89. The van der Waals surface area contributed by atoms with Crippen molar-refractivity contribution in [2.45, 2.75) is 33.6 Å². The van der Waals surface area contributed by atoms with Crippen LogP contribution in [0.4, 0.5) is 0 Å². The van der Waals surface area contributed by atoms with Crippen LogP contribution in [0.15, 0.2) is 60.2 Å². The van der Waals surface area contributed by atoms with Gasteiger partial charge in [-0.15, -0.1) is 0 Å². The molecule has 1 aromatic rings. The van der Waals surface area contributed by atoms with Crippen molar-refractivity contribution in [3.05, 3.63) is 76.9 Å². The number of aromatic carboxylic acids is 1. The summed E-state index contributed by atoms with van der Waals surface area (Å²) in [6, 6.07) is 4.93. The zero-order valence-electron chi connectivity index (χ0n) is 14.9. The van der Waals surface area contributed by atoms with Crippen molar-refractivity contribution in [3.63, 3.8) is 0 Å². The first-order valence-corrected chi connectivity index (χ1v) is 8.24. The summed E-state index contributed by atoms with van der Waals surface area (Å²) in [6.45, 7) is 9.51. The molecule has 0 saturated heterocycles. The average Bonchev–Trinajstić information content (AvgIpc) is 2.94. The van der Waals surface area contributed by atoms with Crippen molar-refractivity contribution in [1.82, 2.24) is 0 Å². The maximum Gasteiger partial charge on any atom is 0.335 e. The Morgan fingerprint density at radius 2 is 1.92 bits per heavy atom. The van der Waals surface area contributed by atoms with Crippen LogP contribution in [-0.4, -0.2) is 22.2 Å². The zero-order chi connectivity index (χ0) is 19.0. The van der Waals surface area contributed by atoms with E-state index < -0.39 is 11.9 Å². The van der Waals surface area contributed by atoms with E-state index in [0.29, 0.717) is 6.42 Å². The lowest BCUT2D eigenvalue weighted by Crippen LogP contribution is -1.99. The fourth-order valence-electron chi connectivity index (χ4n) is 2.79. The molecule has 0 heterocycles. The Hall–Kier alpha value is -2.88. The number of hydrogen-bond acceptors (Lipinski definition) is 2. The topological polar surface area (TPSA) is 74.6 Å². The van der Waals surface area contributed by atoms with Gasteiger partial charge >= 0.3 is 11.9 Å². The Morgan fingerprint density at radius 3 is 2.44 bits per heavy atom. The van der Waals surface area contributed by atoms with Gasteiger partial charge in [-0.2, -0.15) is 0 Å². The van der Waals surface area contributed by atoms with Gasteiger partial charge in [0, 0.05) is 0 Å². The first kappa shape index (κ1) is 20.2. The Morgan fingerprint density at radius 1 is 1.24 bits per heavy atom. The van der Waals surface area contributed by atoms with Crippen molar-refractivity contribution >= 4 is 17.5 Å². The van der Waals surface area contributed by atoms with E-state index in [-0.39, 0.29) is 12.0 Å². The molecule has 1 aliphatic carbocycles.